The highest BCUT2D eigenvalue weighted by atomic mass is 35.5. The average molecular weight is 454 g/mol. The lowest BCUT2D eigenvalue weighted by Gasteiger charge is -2.13. The van der Waals surface area contributed by atoms with Crippen LogP contribution in [0.3, 0.4) is 0 Å². The van der Waals surface area contributed by atoms with Crippen LogP contribution < -0.4 is 16.1 Å². The van der Waals surface area contributed by atoms with Crippen LogP contribution >= 0.6 is 11.6 Å². The highest BCUT2D eigenvalue weighted by molar-refractivity contribution is 6.36. The number of hydrogen-bond donors (Lipinski definition) is 2. The topological polar surface area (TPSA) is 67.4 Å². The number of rotatable bonds is 7. The molecule has 33 heavy (non-hydrogen) atoms. The number of halogens is 1. The van der Waals surface area contributed by atoms with Crippen molar-refractivity contribution in [3.8, 4) is 11.3 Å². The average Bonchev–Trinajstić information content (AvgIpc) is 3.49. The maximum atomic E-state index is 6.44. The third-order valence-corrected chi connectivity index (χ3v) is 5.64. The Kier molecular flexibility index (Phi) is 5.63. The Balaban J connectivity index is 1.41. The van der Waals surface area contributed by atoms with Gasteiger partial charge in [0.25, 0.3) is 0 Å². The molecule has 162 valence electrons. The molecule has 5 rings (SSSR count). The molecule has 0 aliphatic carbocycles. The van der Waals surface area contributed by atoms with Crippen LogP contribution in [-0.4, -0.2) is 22.4 Å². The molecule has 0 saturated carbocycles. The van der Waals surface area contributed by atoms with Crippen LogP contribution in [0.2, 0.25) is 5.02 Å². The number of anilines is 2. The molecule has 0 fully saturated rings. The molecule has 8 heteroatoms. The maximum Gasteiger partial charge on any atom is 0.151 e. The van der Waals surface area contributed by atoms with Gasteiger partial charge in [-0.05, 0) is 41.4 Å². The zero-order valence-corrected chi connectivity index (χ0v) is 18.8. The van der Waals surface area contributed by atoms with E-state index in [0.717, 1.165) is 39.4 Å². The van der Waals surface area contributed by atoms with Gasteiger partial charge in [0.15, 0.2) is 5.65 Å². The Morgan fingerprint density at radius 1 is 1.09 bits per heavy atom. The third kappa shape index (κ3) is 4.36. The van der Waals surface area contributed by atoms with Gasteiger partial charge < -0.3 is 15.1 Å². The van der Waals surface area contributed by atoms with Crippen LogP contribution in [0.1, 0.15) is 11.3 Å². The van der Waals surface area contributed by atoms with E-state index in [4.69, 9.17) is 21.0 Å². The number of fused-ring (bicyclic) bond motifs is 1. The van der Waals surface area contributed by atoms with E-state index in [0.29, 0.717) is 23.0 Å². The number of benzene rings is 2. The standard InChI is InChI=1S/C25H21BClN5O/c1-16(23-10-5-11-33-23)30-18-7-4-6-17(12-18)14-28-24-13-22(19-8-2-3-9-21(19)27)31-25-20(26)15-29-32(24)25/h2-13,15,28,30H,1,14,26H2. The van der Waals surface area contributed by atoms with Crippen LogP contribution in [-0.2, 0) is 6.54 Å². The van der Waals surface area contributed by atoms with Gasteiger partial charge in [0.2, 0.25) is 0 Å². The van der Waals surface area contributed by atoms with Crippen molar-refractivity contribution in [2.24, 2.45) is 0 Å². The summed E-state index contributed by atoms with van der Waals surface area (Å²) < 4.78 is 7.22. The summed E-state index contributed by atoms with van der Waals surface area (Å²) in [7, 11) is 2.00. The number of hydrogen-bond acceptors (Lipinski definition) is 5. The molecule has 3 aromatic heterocycles. The van der Waals surface area contributed by atoms with Gasteiger partial charge in [-0.2, -0.15) is 9.61 Å². The quantitative estimate of drug-likeness (QED) is 0.353. The van der Waals surface area contributed by atoms with E-state index < -0.39 is 0 Å². The van der Waals surface area contributed by atoms with Gasteiger partial charge in [0, 0.05) is 35.1 Å². The summed E-state index contributed by atoms with van der Waals surface area (Å²) >= 11 is 6.44. The molecule has 0 radical (unpaired) electrons. The molecular formula is C25H21BClN5O. The van der Waals surface area contributed by atoms with Crippen LogP contribution in [0.15, 0.2) is 90.2 Å². The van der Waals surface area contributed by atoms with E-state index in [-0.39, 0.29) is 0 Å². The lowest BCUT2D eigenvalue weighted by Crippen LogP contribution is -2.09. The largest absolute Gasteiger partial charge is 0.463 e. The molecule has 0 amide bonds. The molecule has 2 aromatic carbocycles. The van der Waals surface area contributed by atoms with Gasteiger partial charge in [-0.1, -0.05) is 48.5 Å². The van der Waals surface area contributed by atoms with E-state index in [1.807, 2.05) is 73.2 Å². The lowest BCUT2D eigenvalue weighted by molar-refractivity contribution is 0.553. The molecule has 0 aliphatic heterocycles. The molecular weight excluding hydrogens is 433 g/mol. The molecule has 0 saturated heterocycles. The van der Waals surface area contributed by atoms with E-state index in [1.54, 1.807) is 6.26 Å². The second-order valence-electron chi connectivity index (χ2n) is 7.70. The Morgan fingerprint density at radius 3 is 2.79 bits per heavy atom. The summed E-state index contributed by atoms with van der Waals surface area (Å²) in [5, 5.41) is 12.0. The fourth-order valence-electron chi connectivity index (χ4n) is 3.64. The van der Waals surface area contributed by atoms with E-state index >= 15 is 0 Å². The van der Waals surface area contributed by atoms with Gasteiger partial charge >= 0.3 is 0 Å². The van der Waals surface area contributed by atoms with Crippen molar-refractivity contribution < 1.29 is 4.42 Å². The van der Waals surface area contributed by atoms with Crippen LogP contribution in [0, 0.1) is 0 Å². The zero-order valence-electron chi connectivity index (χ0n) is 18.0. The lowest BCUT2D eigenvalue weighted by atomic mass is 10.0. The zero-order chi connectivity index (χ0) is 22.8. The summed E-state index contributed by atoms with van der Waals surface area (Å²) in [6, 6.07) is 21.5. The molecule has 5 aromatic rings. The monoisotopic (exact) mass is 453 g/mol. The Labute approximate surface area is 197 Å². The third-order valence-electron chi connectivity index (χ3n) is 5.31. The first-order valence-corrected chi connectivity index (χ1v) is 10.9. The Hall–Kier alpha value is -3.97. The van der Waals surface area contributed by atoms with Gasteiger partial charge in [-0.15, -0.1) is 0 Å². The molecule has 0 aliphatic rings. The van der Waals surface area contributed by atoms with Crippen LogP contribution in [0.25, 0.3) is 22.6 Å². The highest BCUT2D eigenvalue weighted by Gasteiger charge is 2.12. The van der Waals surface area contributed by atoms with Crippen LogP contribution in [0.5, 0.6) is 0 Å². The number of nitrogens with zero attached hydrogens (tertiary/aromatic N) is 3. The smallest absolute Gasteiger partial charge is 0.151 e. The minimum atomic E-state index is 0.600. The Morgan fingerprint density at radius 2 is 1.97 bits per heavy atom. The summed E-state index contributed by atoms with van der Waals surface area (Å²) in [5.74, 6) is 1.54. The molecule has 0 unspecified atom stereocenters. The number of aromatic nitrogens is 3. The van der Waals surface area contributed by atoms with E-state index in [1.165, 1.54) is 0 Å². The number of nitrogens with one attached hydrogen (secondary N) is 2. The van der Waals surface area contributed by atoms with Crippen molar-refractivity contribution in [3.05, 3.63) is 102 Å². The Bertz CT molecular complexity index is 1440. The van der Waals surface area contributed by atoms with Crippen molar-refractivity contribution in [2.45, 2.75) is 6.54 Å². The van der Waals surface area contributed by atoms with E-state index in [2.05, 4.69) is 34.4 Å². The van der Waals surface area contributed by atoms with Crippen LogP contribution in [0.4, 0.5) is 11.5 Å². The summed E-state index contributed by atoms with van der Waals surface area (Å²) in [6.07, 6.45) is 3.44. The van der Waals surface area contributed by atoms with Gasteiger partial charge in [-0.25, -0.2) is 4.98 Å². The fraction of sp³-hybridized carbons (Fsp3) is 0.0400. The molecule has 6 nitrogen and oxygen atoms in total. The van der Waals surface area contributed by atoms with Gasteiger partial charge in [-0.3, -0.25) is 0 Å². The second kappa shape index (κ2) is 8.88. The maximum absolute atomic E-state index is 6.44. The van der Waals surface area contributed by atoms with E-state index in [9.17, 15) is 0 Å². The SMILES string of the molecule is Bc1cnn2c(NCc3cccc(NC(=C)c4ccco4)c3)cc(-c3ccccc3Cl)nc12. The van der Waals surface area contributed by atoms with Crippen molar-refractivity contribution >= 4 is 47.8 Å². The predicted molar refractivity (Wildman–Crippen MR) is 137 cm³/mol. The minimum Gasteiger partial charge on any atom is -0.463 e. The van der Waals surface area contributed by atoms with Crippen molar-refractivity contribution in [1.82, 2.24) is 14.6 Å². The molecule has 0 atom stereocenters. The van der Waals surface area contributed by atoms with Crippen molar-refractivity contribution in [3.63, 3.8) is 0 Å². The molecule has 2 N–H and O–H groups in total. The summed E-state index contributed by atoms with van der Waals surface area (Å²) in [5.41, 5.74) is 6.20. The molecule has 0 spiro atoms. The highest BCUT2D eigenvalue weighted by Crippen LogP contribution is 2.28. The van der Waals surface area contributed by atoms with Gasteiger partial charge in [0.1, 0.15) is 19.4 Å². The second-order valence-corrected chi connectivity index (χ2v) is 8.11. The van der Waals surface area contributed by atoms with Gasteiger partial charge in [0.05, 0.1) is 17.7 Å². The van der Waals surface area contributed by atoms with Crippen molar-refractivity contribution in [1.29, 1.82) is 0 Å². The fourth-order valence-corrected chi connectivity index (χ4v) is 3.88. The normalized spacial score (nSPS) is 10.9. The van der Waals surface area contributed by atoms with Crippen molar-refractivity contribution in [2.75, 3.05) is 10.6 Å². The number of furan rings is 1. The minimum absolute atomic E-state index is 0.600. The first-order chi connectivity index (χ1) is 16.1. The first kappa shape index (κ1) is 20.9. The first-order valence-electron chi connectivity index (χ1n) is 10.5. The molecule has 0 bridgehead atoms. The summed E-state index contributed by atoms with van der Waals surface area (Å²) in [4.78, 5) is 4.80. The molecule has 3 heterocycles. The predicted octanol–water partition coefficient (Wildman–Crippen LogP) is 4.60. The summed E-state index contributed by atoms with van der Waals surface area (Å²) in [6.45, 7) is 4.65.